The fraction of sp³-hybridized carbons (Fsp3) is 0. The number of para-hydroxylation sites is 1. The lowest BCUT2D eigenvalue weighted by Crippen LogP contribution is -2.06. The van der Waals surface area contributed by atoms with Crippen LogP contribution in [-0.2, 0) is 0 Å². The predicted octanol–water partition coefficient (Wildman–Crippen LogP) is 1.69. The summed E-state index contributed by atoms with van der Waals surface area (Å²) in [5.74, 6) is 0.000150. The van der Waals surface area contributed by atoms with Crippen molar-refractivity contribution < 1.29 is 5.11 Å². The summed E-state index contributed by atoms with van der Waals surface area (Å²) in [6, 6.07) is 10.5. The fourth-order valence-electron chi connectivity index (χ4n) is 1.78. The number of aromatic hydroxyl groups is 1. The molecule has 18 heavy (non-hydrogen) atoms. The number of nitrogens with zero attached hydrogens (tertiary/aromatic N) is 2. The molecule has 2 aromatic heterocycles. The van der Waals surface area contributed by atoms with E-state index in [0.29, 0.717) is 11.4 Å². The summed E-state index contributed by atoms with van der Waals surface area (Å²) < 4.78 is 0. The lowest BCUT2D eigenvalue weighted by molar-refractivity contribution is 0.452. The first kappa shape index (κ1) is 10.5. The van der Waals surface area contributed by atoms with E-state index in [1.54, 1.807) is 6.20 Å². The summed E-state index contributed by atoms with van der Waals surface area (Å²) in [5.41, 5.74) is 1.12. The van der Waals surface area contributed by atoms with E-state index >= 15 is 0 Å². The van der Waals surface area contributed by atoms with Gasteiger partial charge in [0.25, 0.3) is 5.56 Å². The molecule has 0 radical (unpaired) electrons. The molecule has 5 heteroatoms. The minimum absolute atomic E-state index is 0.304. The largest absolute Gasteiger partial charge is 0.493 e. The van der Waals surface area contributed by atoms with Crippen molar-refractivity contribution >= 4 is 10.9 Å². The molecule has 0 unspecified atom stereocenters. The molecule has 2 N–H and O–H groups in total. The quantitative estimate of drug-likeness (QED) is 0.677. The maximum absolute atomic E-state index is 11.3. The minimum Gasteiger partial charge on any atom is -0.493 e. The van der Waals surface area contributed by atoms with Crippen LogP contribution in [0.2, 0.25) is 0 Å². The van der Waals surface area contributed by atoms with Crippen molar-refractivity contribution in [1.29, 1.82) is 0 Å². The van der Waals surface area contributed by atoms with Gasteiger partial charge < -0.3 is 10.1 Å². The van der Waals surface area contributed by atoms with Gasteiger partial charge in [-0.1, -0.05) is 18.2 Å². The Morgan fingerprint density at radius 1 is 1.17 bits per heavy atom. The molecule has 0 bridgehead atoms. The second kappa shape index (κ2) is 3.96. The van der Waals surface area contributed by atoms with Crippen LogP contribution in [0.15, 0.2) is 47.4 Å². The molecule has 0 aliphatic rings. The molecule has 0 saturated carbocycles. The number of nitrogens with one attached hydrogen (secondary N) is 1. The van der Waals surface area contributed by atoms with E-state index in [1.807, 2.05) is 30.3 Å². The van der Waals surface area contributed by atoms with Gasteiger partial charge in [-0.25, -0.2) is 0 Å². The number of rotatable bonds is 1. The Balaban J connectivity index is 2.22. The van der Waals surface area contributed by atoms with Crippen molar-refractivity contribution in [2.24, 2.45) is 0 Å². The Kier molecular flexibility index (Phi) is 2.30. The molecule has 0 spiro atoms. The lowest BCUT2D eigenvalue weighted by atomic mass is 10.1. The molecular formula is C13H9N3O2. The highest BCUT2D eigenvalue weighted by Crippen LogP contribution is 2.19. The van der Waals surface area contributed by atoms with Crippen LogP contribution in [0.1, 0.15) is 0 Å². The molecule has 0 aliphatic heterocycles. The number of pyridine rings is 1. The van der Waals surface area contributed by atoms with Crippen LogP contribution in [0.3, 0.4) is 0 Å². The van der Waals surface area contributed by atoms with E-state index in [-0.39, 0.29) is 5.88 Å². The molecule has 0 amide bonds. The number of hydrogen-bond acceptors (Lipinski definition) is 4. The molecule has 3 rings (SSSR count). The molecule has 0 saturated heterocycles. The molecule has 5 nitrogen and oxygen atoms in total. The van der Waals surface area contributed by atoms with Crippen LogP contribution in [0.25, 0.3) is 22.3 Å². The van der Waals surface area contributed by atoms with Gasteiger partial charge in [0, 0.05) is 17.1 Å². The van der Waals surface area contributed by atoms with E-state index in [9.17, 15) is 9.90 Å². The highest BCUT2D eigenvalue weighted by molar-refractivity contribution is 5.82. The average molecular weight is 239 g/mol. The van der Waals surface area contributed by atoms with E-state index in [0.717, 1.165) is 17.0 Å². The zero-order valence-electron chi connectivity index (χ0n) is 9.29. The first-order valence-electron chi connectivity index (χ1n) is 5.38. The molecule has 1 aromatic carbocycles. The Morgan fingerprint density at radius 3 is 2.83 bits per heavy atom. The van der Waals surface area contributed by atoms with Crippen molar-refractivity contribution in [2.75, 3.05) is 0 Å². The first-order chi connectivity index (χ1) is 8.72. The van der Waals surface area contributed by atoms with Crippen molar-refractivity contribution in [1.82, 2.24) is 15.0 Å². The number of benzene rings is 1. The van der Waals surface area contributed by atoms with Crippen LogP contribution in [0, 0.1) is 0 Å². The minimum atomic E-state index is -0.398. The Hall–Kier alpha value is -2.69. The van der Waals surface area contributed by atoms with Crippen molar-refractivity contribution in [3.8, 4) is 17.3 Å². The summed E-state index contributed by atoms with van der Waals surface area (Å²) in [6.07, 6.45) is 1.61. The van der Waals surface area contributed by atoms with Gasteiger partial charge >= 0.3 is 0 Å². The van der Waals surface area contributed by atoms with Crippen LogP contribution in [0.4, 0.5) is 0 Å². The maximum Gasteiger partial charge on any atom is 0.254 e. The van der Waals surface area contributed by atoms with Gasteiger partial charge in [0.05, 0.1) is 11.6 Å². The summed E-state index contributed by atoms with van der Waals surface area (Å²) >= 11 is 0. The third-order valence-electron chi connectivity index (χ3n) is 2.59. The van der Waals surface area contributed by atoms with E-state index in [2.05, 4.69) is 15.0 Å². The van der Waals surface area contributed by atoms with Gasteiger partial charge in [-0.15, -0.1) is 0 Å². The summed E-state index contributed by atoms with van der Waals surface area (Å²) in [4.78, 5) is 22.0. The number of aromatic nitrogens is 3. The summed E-state index contributed by atoms with van der Waals surface area (Å²) in [5, 5.41) is 10.3. The van der Waals surface area contributed by atoms with Crippen LogP contribution in [-0.4, -0.2) is 20.1 Å². The lowest BCUT2D eigenvalue weighted by Gasteiger charge is -2.02. The van der Waals surface area contributed by atoms with Gasteiger partial charge in [-0.3, -0.25) is 9.78 Å². The maximum atomic E-state index is 11.3. The summed E-state index contributed by atoms with van der Waals surface area (Å²) in [7, 11) is 0. The van der Waals surface area contributed by atoms with Crippen LogP contribution < -0.4 is 5.56 Å². The number of fused-ring (bicyclic) bond motifs is 1. The van der Waals surface area contributed by atoms with Crippen molar-refractivity contribution in [3.63, 3.8) is 0 Å². The van der Waals surface area contributed by atoms with Gasteiger partial charge in [-0.2, -0.15) is 4.98 Å². The third-order valence-corrected chi connectivity index (χ3v) is 2.59. The van der Waals surface area contributed by atoms with Crippen LogP contribution in [0.5, 0.6) is 5.88 Å². The Labute approximate surface area is 102 Å². The Bertz CT molecular complexity index is 780. The SMILES string of the molecule is O=c1cc(O)nc(-c2cnc3ccccc3c2)[nH]1. The van der Waals surface area contributed by atoms with Crippen molar-refractivity contribution in [3.05, 3.63) is 52.9 Å². The fourth-order valence-corrected chi connectivity index (χ4v) is 1.78. The molecule has 88 valence electrons. The molecule has 0 atom stereocenters. The van der Waals surface area contributed by atoms with Gasteiger partial charge in [0.15, 0.2) is 0 Å². The van der Waals surface area contributed by atoms with Gasteiger partial charge in [-0.05, 0) is 12.1 Å². The predicted molar refractivity (Wildman–Crippen MR) is 67.3 cm³/mol. The van der Waals surface area contributed by atoms with Crippen molar-refractivity contribution in [2.45, 2.75) is 0 Å². The average Bonchev–Trinajstić information content (AvgIpc) is 2.37. The second-order valence-electron chi connectivity index (χ2n) is 3.87. The number of H-pyrrole nitrogens is 1. The molecule has 0 aliphatic carbocycles. The number of aromatic amines is 1. The first-order valence-corrected chi connectivity index (χ1v) is 5.38. The van der Waals surface area contributed by atoms with Crippen LogP contribution >= 0.6 is 0 Å². The molecule has 2 heterocycles. The van der Waals surface area contributed by atoms with E-state index < -0.39 is 5.56 Å². The second-order valence-corrected chi connectivity index (χ2v) is 3.87. The topological polar surface area (TPSA) is 78.9 Å². The zero-order chi connectivity index (χ0) is 12.5. The molecular weight excluding hydrogens is 230 g/mol. The molecule has 3 aromatic rings. The normalized spacial score (nSPS) is 10.7. The molecule has 0 fully saturated rings. The summed E-state index contributed by atoms with van der Waals surface area (Å²) in [6.45, 7) is 0. The standard InChI is InChI=1S/C13H9N3O2/c17-11-6-12(18)16-13(15-11)9-5-8-3-1-2-4-10(8)14-7-9/h1-7H,(H2,15,16,17,18). The third kappa shape index (κ3) is 1.82. The highest BCUT2D eigenvalue weighted by Gasteiger charge is 2.04. The monoisotopic (exact) mass is 239 g/mol. The Morgan fingerprint density at radius 2 is 2.00 bits per heavy atom. The number of hydrogen-bond donors (Lipinski definition) is 2. The van der Waals surface area contributed by atoms with E-state index in [4.69, 9.17) is 0 Å². The smallest absolute Gasteiger partial charge is 0.254 e. The van der Waals surface area contributed by atoms with Gasteiger partial charge in [0.1, 0.15) is 5.82 Å². The highest BCUT2D eigenvalue weighted by atomic mass is 16.3. The van der Waals surface area contributed by atoms with E-state index in [1.165, 1.54) is 0 Å². The van der Waals surface area contributed by atoms with Gasteiger partial charge in [0.2, 0.25) is 5.88 Å². The zero-order valence-corrected chi connectivity index (χ0v) is 9.29.